The number of anilines is 1. The van der Waals surface area contributed by atoms with Gasteiger partial charge in [-0.25, -0.2) is 5.84 Å². The zero-order chi connectivity index (χ0) is 19.8. The molecule has 2 aromatic rings. The molecule has 0 saturated carbocycles. The number of ether oxygens (including phenoxy) is 1. The largest absolute Gasteiger partial charge is 0.497 e. The maximum absolute atomic E-state index is 12.4. The lowest BCUT2D eigenvalue weighted by Crippen LogP contribution is -2.38. The third-order valence-electron chi connectivity index (χ3n) is 3.52. The third-order valence-corrected chi connectivity index (χ3v) is 3.52. The van der Waals surface area contributed by atoms with Crippen molar-refractivity contribution in [3.63, 3.8) is 0 Å². The fourth-order valence-corrected chi connectivity index (χ4v) is 2.21. The van der Waals surface area contributed by atoms with Crippen LogP contribution in [0.4, 0.5) is 5.69 Å². The average molecular weight is 368 g/mol. The van der Waals surface area contributed by atoms with Crippen molar-refractivity contribution in [1.29, 1.82) is 0 Å². The first-order valence-corrected chi connectivity index (χ1v) is 7.98. The van der Waals surface area contributed by atoms with Gasteiger partial charge in [-0.05, 0) is 48.0 Å². The summed E-state index contributed by atoms with van der Waals surface area (Å²) in [6, 6.07) is 13.2. The molecule has 0 fully saturated rings. The van der Waals surface area contributed by atoms with E-state index in [2.05, 4.69) is 10.6 Å². The summed E-state index contributed by atoms with van der Waals surface area (Å²) >= 11 is 0. The van der Waals surface area contributed by atoms with Crippen LogP contribution in [0.1, 0.15) is 22.8 Å². The molecule has 0 saturated heterocycles. The first kappa shape index (κ1) is 19.7. The Bertz CT molecular complexity index is 858. The Morgan fingerprint density at radius 3 is 2.15 bits per heavy atom. The molecule has 0 aliphatic rings. The topological polar surface area (TPSA) is 123 Å². The number of hydrogen-bond acceptors (Lipinski definition) is 5. The minimum Gasteiger partial charge on any atom is -0.497 e. The molecule has 0 aromatic heterocycles. The number of carbonyl (C=O) groups excluding carboxylic acids is 3. The number of hydrazine groups is 1. The van der Waals surface area contributed by atoms with Crippen LogP contribution in [0.25, 0.3) is 6.08 Å². The van der Waals surface area contributed by atoms with E-state index < -0.39 is 11.8 Å². The van der Waals surface area contributed by atoms with Crippen molar-refractivity contribution in [1.82, 2.24) is 10.7 Å². The van der Waals surface area contributed by atoms with Gasteiger partial charge in [0.25, 0.3) is 11.8 Å². The third kappa shape index (κ3) is 5.68. The number of benzene rings is 2. The molecule has 3 amide bonds. The lowest BCUT2D eigenvalue weighted by Gasteiger charge is -2.10. The van der Waals surface area contributed by atoms with Gasteiger partial charge < -0.3 is 15.4 Å². The summed E-state index contributed by atoms with van der Waals surface area (Å²) in [5.41, 5.74) is 3.54. The van der Waals surface area contributed by atoms with Crippen molar-refractivity contribution in [2.24, 2.45) is 5.84 Å². The van der Waals surface area contributed by atoms with Gasteiger partial charge in [0, 0.05) is 18.2 Å². The highest BCUT2D eigenvalue weighted by Gasteiger charge is 2.14. The average Bonchev–Trinajstić information content (AvgIpc) is 2.67. The van der Waals surface area contributed by atoms with Crippen molar-refractivity contribution in [3.8, 4) is 5.75 Å². The predicted molar refractivity (Wildman–Crippen MR) is 102 cm³/mol. The number of nitrogens with one attached hydrogen (secondary N) is 3. The molecule has 0 unspecified atom stereocenters. The molecular weight excluding hydrogens is 348 g/mol. The number of methoxy groups -OCH3 is 1. The normalized spacial score (nSPS) is 10.7. The molecule has 0 radical (unpaired) electrons. The summed E-state index contributed by atoms with van der Waals surface area (Å²) in [7, 11) is 1.55. The lowest BCUT2D eigenvalue weighted by molar-refractivity contribution is -0.117. The van der Waals surface area contributed by atoms with E-state index in [9.17, 15) is 14.4 Å². The number of nitrogens with two attached hydrogens (primary N) is 1. The molecule has 27 heavy (non-hydrogen) atoms. The Morgan fingerprint density at radius 2 is 1.63 bits per heavy atom. The molecule has 0 heterocycles. The Balaban J connectivity index is 2.19. The molecule has 5 N–H and O–H groups in total. The van der Waals surface area contributed by atoms with Gasteiger partial charge >= 0.3 is 0 Å². The first-order chi connectivity index (χ1) is 12.9. The Labute approximate surface area is 156 Å². The van der Waals surface area contributed by atoms with Crippen molar-refractivity contribution < 1.29 is 19.1 Å². The van der Waals surface area contributed by atoms with E-state index in [1.54, 1.807) is 43.5 Å². The standard InChI is InChI=1S/C19H20N4O4/c1-12(24)21-15-7-5-14(6-8-15)18(25)22-17(19(26)23-20)11-13-3-9-16(27-2)10-4-13/h3-11H,20H2,1-2H3,(H,21,24)(H,22,25)(H,23,26)/b17-11+. The highest BCUT2D eigenvalue weighted by Crippen LogP contribution is 2.14. The van der Waals surface area contributed by atoms with Crippen molar-refractivity contribution in [3.05, 3.63) is 65.4 Å². The van der Waals surface area contributed by atoms with Gasteiger partial charge in [0.1, 0.15) is 11.4 Å². The predicted octanol–water partition coefficient (Wildman–Crippen LogP) is 1.41. The van der Waals surface area contributed by atoms with Crippen molar-refractivity contribution in [2.75, 3.05) is 12.4 Å². The van der Waals surface area contributed by atoms with Crippen LogP contribution in [-0.4, -0.2) is 24.8 Å². The maximum atomic E-state index is 12.4. The smallest absolute Gasteiger partial charge is 0.281 e. The van der Waals surface area contributed by atoms with Gasteiger partial charge in [-0.2, -0.15) is 0 Å². The fraction of sp³-hybridized carbons (Fsp3) is 0.105. The molecule has 8 nitrogen and oxygen atoms in total. The molecule has 140 valence electrons. The second-order valence-electron chi connectivity index (χ2n) is 5.52. The second-order valence-corrected chi connectivity index (χ2v) is 5.52. The fourth-order valence-electron chi connectivity index (χ4n) is 2.21. The summed E-state index contributed by atoms with van der Waals surface area (Å²) in [6.45, 7) is 1.39. The van der Waals surface area contributed by atoms with Crippen LogP contribution >= 0.6 is 0 Å². The van der Waals surface area contributed by atoms with Crippen molar-refractivity contribution >= 4 is 29.5 Å². The Kier molecular flexibility index (Phi) is 6.67. The minimum atomic E-state index is -0.644. The van der Waals surface area contributed by atoms with E-state index in [1.807, 2.05) is 5.43 Å². The Morgan fingerprint density at radius 1 is 1.00 bits per heavy atom. The maximum Gasteiger partial charge on any atom is 0.281 e. The SMILES string of the molecule is COc1ccc(/C=C(/NC(=O)c2ccc(NC(C)=O)cc2)C(=O)NN)cc1. The van der Waals surface area contributed by atoms with Crippen LogP contribution in [0.3, 0.4) is 0 Å². The summed E-state index contributed by atoms with van der Waals surface area (Å²) in [5.74, 6) is 4.52. The molecule has 2 rings (SSSR count). The minimum absolute atomic E-state index is 0.0152. The Hall–Kier alpha value is -3.65. The number of rotatable bonds is 6. The van der Waals surface area contributed by atoms with Gasteiger partial charge in [-0.1, -0.05) is 12.1 Å². The van der Waals surface area contributed by atoms with Crippen LogP contribution in [0, 0.1) is 0 Å². The van der Waals surface area contributed by atoms with Crippen LogP contribution < -0.4 is 26.6 Å². The van der Waals surface area contributed by atoms with Crippen LogP contribution in [0.5, 0.6) is 5.75 Å². The highest BCUT2D eigenvalue weighted by molar-refractivity contribution is 6.05. The molecule has 2 aromatic carbocycles. The molecule has 0 aliphatic heterocycles. The first-order valence-electron chi connectivity index (χ1n) is 7.98. The second kappa shape index (κ2) is 9.16. The zero-order valence-corrected chi connectivity index (χ0v) is 14.9. The summed E-state index contributed by atoms with van der Waals surface area (Å²) in [5, 5.41) is 5.14. The van der Waals surface area contributed by atoms with E-state index in [1.165, 1.54) is 25.1 Å². The summed E-state index contributed by atoms with van der Waals surface area (Å²) in [4.78, 5) is 35.4. The van der Waals surface area contributed by atoms with Gasteiger partial charge in [0.05, 0.1) is 7.11 Å². The van der Waals surface area contributed by atoms with E-state index in [0.29, 0.717) is 22.6 Å². The molecule has 0 bridgehead atoms. The molecular formula is C19H20N4O4. The number of hydrogen-bond donors (Lipinski definition) is 4. The zero-order valence-electron chi connectivity index (χ0n) is 14.9. The van der Waals surface area contributed by atoms with E-state index >= 15 is 0 Å². The molecule has 8 heteroatoms. The van der Waals surface area contributed by atoms with E-state index in [-0.39, 0.29) is 11.6 Å². The highest BCUT2D eigenvalue weighted by atomic mass is 16.5. The lowest BCUT2D eigenvalue weighted by atomic mass is 10.1. The van der Waals surface area contributed by atoms with E-state index in [0.717, 1.165) is 0 Å². The summed E-state index contributed by atoms with van der Waals surface area (Å²) < 4.78 is 5.08. The van der Waals surface area contributed by atoms with Crippen LogP contribution in [0.15, 0.2) is 54.2 Å². The number of amides is 3. The molecule has 0 spiro atoms. The molecule has 0 aliphatic carbocycles. The molecule has 0 atom stereocenters. The number of carbonyl (C=O) groups is 3. The van der Waals surface area contributed by atoms with Gasteiger partial charge in [-0.3, -0.25) is 19.8 Å². The van der Waals surface area contributed by atoms with Gasteiger partial charge in [-0.15, -0.1) is 0 Å². The monoisotopic (exact) mass is 368 g/mol. The van der Waals surface area contributed by atoms with Gasteiger partial charge in [0.15, 0.2) is 0 Å². The van der Waals surface area contributed by atoms with E-state index in [4.69, 9.17) is 10.6 Å². The quantitative estimate of drug-likeness (QED) is 0.266. The van der Waals surface area contributed by atoms with Crippen molar-refractivity contribution in [2.45, 2.75) is 6.92 Å². The van der Waals surface area contributed by atoms with Gasteiger partial charge in [0.2, 0.25) is 5.91 Å². The summed E-state index contributed by atoms with van der Waals surface area (Å²) in [6.07, 6.45) is 1.49. The van der Waals surface area contributed by atoms with Crippen LogP contribution in [0.2, 0.25) is 0 Å². The van der Waals surface area contributed by atoms with Crippen LogP contribution in [-0.2, 0) is 9.59 Å².